The van der Waals surface area contributed by atoms with E-state index in [0.29, 0.717) is 60.4 Å². The Morgan fingerprint density at radius 2 is 1.46 bits per heavy atom. The topological polar surface area (TPSA) is 260 Å². The fourth-order valence-corrected chi connectivity index (χ4v) is 9.87. The lowest BCUT2D eigenvalue weighted by Crippen LogP contribution is -2.49. The van der Waals surface area contributed by atoms with Gasteiger partial charge in [-0.3, -0.25) is 18.9 Å². The summed E-state index contributed by atoms with van der Waals surface area (Å²) in [5.74, 6) is -12.8. The largest absolute Gasteiger partial charge is 0.444 e. The van der Waals surface area contributed by atoms with Crippen LogP contribution in [-0.4, -0.2) is 138 Å². The molecule has 3 aromatic carbocycles. The highest BCUT2D eigenvalue weighted by Gasteiger charge is 2.37. The highest BCUT2D eigenvalue weighted by atomic mass is 32.2. The van der Waals surface area contributed by atoms with Crippen LogP contribution < -0.4 is 15.8 Å². The molecule has 74 heavy (non-hydrogen) atoms. The quantitative estimate of drug-likeness (QED) is 0.0184. The minimum atomic E-state index is -5.68. The van der Waals surface area contributed by atoms with Gasteiger partial charge in [-0.05, 0) is 81.4 Å². The number of alkyl carbamates (subject to hydrolysis) is 1. The van der Waals surface area contributed by atoms with Gasteiger partial charge in [0.1, 0.15) is 17.2 Å². The van der Waals surface area contributed by atoms with Crippen LogP contribution in [0.2, 0.25) is 0 Å². The molecule has 4 N–H and O–H groups in total. The van der Waals surface area contributed by atoms with Crippen molar-refractivity contribution in [3.05, 3.63) is 76.9 Å². The van der Waals surface area contributed by atoms with E-state index in [1.807, 2.05) is 19.1 Å². The van der Waals surface area contributed by atoms with Crippen LogP contribution in [0.4, 0.5) is 28.0 Å². The summed E-state index contributed by atoms with van der Waals surface area (Å²) < 4.78 is 141. The molecule has 2 heterocycles. The van der Waals surface area contributed by atoms with Crippen LogP contribution in [0, 0.1) is 29.2 Å². The number of fused-ring (bicyclic) bond motifs is 1. The van der Waals surface area contributed by atoms with Gasteiger partial charge in [0, 0.05) is 63.1 Å². The van der Waals surface area contributed by atoms with Crippen molar-refractivity contribution in [3.63, 3.8) is 0 Å². The zero-order chi connectivity index (χ0) is 54.4. The van der Waals surface area contributed by atoms with Crippen LogP contribution in [0.3, 0.4) is 0 Å². The maximum absolute atomic E-state index is 14.1. The molecular formula is C49H61F4N5O14S2. The third kappa shape index (κ3) is 16.8. The van der Waals surface area contributed by atoms with Crippen LogP contribution in [0.25, 0.3) is 17.2 Å². The molecule has 0 aliphatic carbocycles. The second-order valence-electron chi connectivity index (χ2n) is 18.3. The van der Waals surface area contributed by atoms with Gasteiger partial charge in [-0.1, -0.05) is 31.2 Å². The number of nitrogens with zero attached hydrogens (tertiary/aromatic N) is 3. The van der Waals surface area contributed by atoms with Crippen LogP contribution in [0.15, 0.2) is 62.8 Å². The molecule has 0 atom stereocenters. The number of sulfonamides is 1. The number of amidine groups is 1. The number of Topliss-reactive ketones (excluding diaryl/α,β-unsaturated/α-hetero) is 1. The molecule has 1 fully saturated rings. The number of carbonyl (C=O) groups is 4. The summed E-state index contributed by atoms with van der Waals surface area (Å²) in [6.07, 6.45) is 2.91. The average molecular weight is 1080 g/mol. The second kappa shape index (κ2) is 26.6. The molecule has 2 amide bonds. The third-order valence-electron chi connectivity index (χ3n) is 11.3. The molecule has 0 unspecified atom stereocenters. The van der Waals surface area contributed by atoms with E-state index < -0.39 is 78.1 Å². The van der Waals surface area contributed by atoms with Crippen LogP contribution in [0.1, 0.15) is 78.2 Å². The first-order valence-corrected chi connectivity index (χ1v) is 26.6. The van der Waals surface area contributed by atoms with Crippen molar-refractivity contribution in [2.75, 3.05) is 72.4 Å². The number of hydrogen-bond donors (Lipinski definition) is 3. The molecule has 0 saturated carbocycles. The Labute approximate surface area is 427 Å². The summed E-state index contributed by atoms with van der Waals surface area (Å²) in [6.45, 7) is 9.15. The molecule has 0 bridgehead atoms. The number of rotatable bonds is 27. The van der Waals surface area contributed by atoms with E-state index in [-0.39, 0.29) is 100 Å². The number of benzene rings is 3. The molecule has 25 heteroatoms. The molecule has 406 valence electrons. The molecular weight excluding hydrogens is 1020 g/mol. The Hall–Kier alpha value is -5.83. The summed E-state index contributed by atoms with van der Waals surface area (Å²) in [7, 11) is -9.52. The van der Waals surface area contributed by atoms with Crippen LogP contribution in [0.5, 0.6) is 5.75 Å². The number of ketones is 1. The predicted molar refractivity (Wildman–Crippen MR) is 261 cm³/mol. The van der Waals surface area contributed by atoms with E-state index in [2.05, 4.69) is 15.0 Å². The smallest absolute Gasteiger partial charge is 0.407 e. The van der Waals surface area contributed by atoms with Crippen molar-refractivity contribution in [1.29, 1.82) is 0 Å². The Kier molecular flexibility index (Phi) is 21.2. The van der Waals surface area contributed by atoms with Gasteiger partial charge in [-0.25, -0.2) is 27.0 Å². The average Bonchev–Trinajstić information content (AvgIpc) is 3.48. The normalized spacial score (nSPS) is 14.3. The zero-order valence-electron chi connectivity index (χ0n) is 41.4. The fourth-order valence-electron chi connectivity index (χ4n) is 7.60. The van der Waals surface area contributed by atoms with E-state index in [1.54, 1.807) is 56.0 Å². The van der Waals surface area contributed by atoms with Crippen molar-refractivity contribution in [2.45, 2.75) is 88.0 Å². The van der Waals surface area contributed by atoms with Crippen molar-refractivity contribution >= 4 is 61.5 Å². The van der Waals surface area contributed by atoms with E-state index in [0.717, 1.165) is 6.42 Å². The van der Waals surface area contributed by atoms with Gasteiger partial charge < -0.3 is 39.6 Å². The van der Waals surface area contributed by atoms with Gasteiger partial charge in [-0.2, -0.15) is 21.5 Å². The van der Waals surface area contributed by atoms with Crippen molar-refractivity contribution < 1.29 is 81.8 Å². The Morgan fingerprint density at radius 1 is 0.838 bits per heavy atom. The van der Waals surface area contributed by atoms with Crippen molar-refractivity contribution in [3.8, 4) is 16.9 Å². The molecule has 1 saturated heterocycles. The Bertz CT molecular complexity index is 2790. The monoisotopic (exact) mass is 1080 g/mol. The van der Waals surface area contributed by atoms with Gasteiger partial charge >= 0.3 is 22.2 Å². The molecule has 0 aromatic heterocycles. The number of hydrogen-bond acceptors (Lipinski definition) is 15. The van der Waals surface area contributed by atoms with E-state index in [4.69, 9.17) is 29.2 Å². The summed E-state index contributed by atoms with van der Waals surface area (Å²) in [6, 6.07) is 12.0. The standard InChI is InChI=1S/C49H61F4N5O14S2/c1-5-17-57(18-7-16-55-48(62)72-49(2,3)4)47(61)35-25-34-12-11-33(27-38(34)56-39(54)28-35)32-8-6-9-37(26-32)73(63,64)58-29-31(30-58)10-13-36(59)14-19-68-21-23-70-24-22-69-20-15-40(60)71-45-41(50)43(52)46(74(65,66)67)44(53)42(45)51/h6,8-9,11-12,25-27,31H,5,7,10,13-24,28-30H2,1-4H3,(H2,54,56)(H,55,62)(H,65,66,67). The van der Waals surface area contributed by atoms with Gasteiger partial charge in [0.15, 0.2) is 16.5 Å². The summed E-state index contributed by atoms with van der Waals surface area (Å²) >= 11 is 0. The number of nitrogens with two attached hydrogens (primary N) is 1. The first-order chi connectivity index (χ1) is 34.9. The van der Waals surface area contributed by atoms with Gasteiger partial charge in [0.2, 0.25) is 33.3 Å². The van der Waals surface area contributed by atoms with Gasteiger partial charge in [-0.15, -0.1) is 0 Å². The lowest BCUT2D eigenvalue weighted by molar-refractivity contribution is -0.136. The molecule has 19 nitrogen and oxygen atoms in total. The molecule has 3 aromatic rings. The highest BCUT2D eigenvalue weighted by Crippen LogP contribution is 2.35. The number of nitrogens with one attached hydrogen (secondary N) is 1. The Morgan fingerprint density at radius 3 is 2.08 bits per heavy atom. The van der Waals surface area contributed by atoms with E-state index in [1.165, 1.54) is 10.4 Å². The lowest BCUT2D eigenvalue weighted by Gasteiger charge is -2.38. The third-order valence-corrected chi connectivity index (χ3v) is 14.0. The number of halogens is 4. The minimum absolute atomic E-state index is 0.000115. The molecule has 2 aliphatic rings. The molecule has 0 spiro atoms. The van der Waals surface area contributed by atoms with E-state index >= 15 is 0 Å². The second-order valence-corrected chi connectivity index (χ2v) is 21.6. The van der Waals surface area contributed by atoms with Crippen LogP contribution in [-0.2, 0) is 53.5 Å². The fraction of sp³-hybridized carbons (Fsp3) is 0.490. The van der Waals surface area contributed by atoms with Crippen molar-refractivity contribution in [1.82, 2.24) is 14.5 Å². The first-order valence-electron chi connectivity index (χ1n) is 23.7. The summed E-state index contributed by atoms with van der Waals surface area (Å²) in [5, 5.41) is 2.72. The molecule has 0 radical (unpaired) electrons. The maximum Gasteiger partial charge on any atom is 0.407 e. The number of carbonyl (C=O) groups excluding carboxylic acids is 4. The summed E-state index contributed by atoms with van der Waals surface area (Å²) in [5.41, 5.74) is 8.73. The maximum atomic E-state index is 14.1. The van der Waals surface area contributed by atoms with E-state index in [9.17, 15) is 53.6 Å². The number of amides is 2. The molecule has 5 rings (SSSR count). The first kappa shape index (κ1) is 59.1. The lowest BCUT2D eigenvalue weighted by atomic mass is 9.95. The van der Waals surface area contributed by atoms with Crippen LogP contribution >= 0.6 is 0 Å². The van der Waals surface area contributed by atoms with Gasteiger partial charge in [0.25, 0.3) is 0 Å². The minimum Gasteiger partial charge on any atom is -0.444 e. The predicted octanol–water partition coefficient (Wildman–Crippen LogP) is 6.49. The SMILES string of the molecule is CCCN(CCCNC(=O)OC(C)(C)C)C(=O)C1=Cc2ccc(-c3cccc(S(=O)(=O)N4CC(CCC(=O)CCOCCOCCOCCC(=O)Oc5c(F)c(F)c(S(=O)(=O)O)c(F)c5F)C4)c3)cc2N=C(N)C1. The number of ether oxygens (including phenoxy) is 5. The van der Waals surface area contributed by atoms with Gasteiger partial charge in [0.05, 0.1) is 56.6 Å². The Balaban J connectivity index is 0.981. The summed E-state index contributed by atoms with van der Waals surface area (Å²) in [4.78, 5) is 54.5. The zero-order valence-corrected chi connectivity index (χ0v) is 43.1. The number of esters is 1. The molecule has 2 aliphatic heterocycles. The number of aliphatic imine (C=N–C) groups is 1. The van der Waals surface area contributed by atoms with Crippen molar-refractivity contribution in [2.24, 2.45) is 16.6 Å². The highest BCUT2D eigenvalue weighted by molar-refractivity contribution is 7.89.